The number of hydrogen-bond acceptors (Lipinski definition) is 10. The Hall–Kier alpha value is -2.46. The Morgan fingerprint density at radius 1 is 1.37 bits per heavy atom. The van der Waals surface area contributed by atoms with Crippen LogP contribution >= 0.6 is 22.9 Å². The number of aromatic nitrogens is 1. The summed E-state index contributed by atoms with van der Waals surface area (Å²) in [5, 5.41) is 11.0. The number of esters is 1. The number of nitrogens with one attached hydrogen (secondary N) is 2. The number of fused-ring (bicyclic) bond motifs is 2. The zero-order valence-corrected chi connectivity index (χ0v) is 22.7. The number of morpholine rings is 1. The first kappa shape index (κ1) is 27.1. The highest BCUT2D eigenvalue weighted by molar-refractivity contribution is 7.87. The molecule has 15 heteroatoms. The van der Waals surface area contributed by atoms with Crippen molar-refractivity contribution in [1.29, 1.82) is 0 Å². The van der Waals surface area contributed by atoms with E-state index in [2.05, 4.69) is 19.9 Å². The maximum atomic E-state index is 13.9. The van der Waals surface area contributed by atoms with Gasteiger partial charge in [0.05, 0.1) is 25.9 Å². The number of nitrogens with two attached hydrogens (primary N) is 1. The van der Waals surface area contributed by atoms with Crippen LogP contribution in [0, 0.1) is 5.82 Å². The van der Waals surface area contributed by atoms with E-state index in [0.717, 1.165) is 0 Å². The molecule has 3 aliphatic rings. The summed E-state index contributed by atoms with van der Waals surface area (Å²) in [5.74, 6) is -0.670. The van der Waals surface area contributed by atoms with E-state index in [0.29, 0.717) is 54.7 Å². The molecule has 3 aliphatic heterocycles. The van der Waals surface area contributed by atoms with Crippen molar-refractivity contribution >= 4 is 45.0 Å². The summed E-state index contributed by atoms with van der Waals surface area (Å²) in [6.45, 7) is 1.08. The first-order chi connectivity index (χ1) is 18.1. The molecule has 4 heterocycles. The van der Waals surface area contributed by atoms with Gasteiger partial charge in [-0.3, -0.25) is 9.89 Å². The molecule has 1 aromatic heterocycles. The van der Waals surface area contributed by atoms with Crippen LogP contribution in [0.1, 0.15) is 29.5 Å². The number of nitrogens with zero attached hydrogens (tertiary/aromatic N) is 3. The zero-order valence-electron chi connectivity index (χ0n) is 20.3. The molecule has 2 aromatic rings. The minimum absolute atomic E-state index is 0.125. The van der Waals surface area contributed by atoms with Gasteiger partial charge >= 0.3 is 5.97 Å². The molecule has 4 N–H and O–H groups in total. The van der Waals surface area contributed by atoms with E-state index in [1.54, 1.807) is 6.20 Å². The quantitative estimate of drug-likeness (QED) is 0.415. The molecule has 0 aliphatic carbocycles. The zero-order chi connectivity index (χ0) is 27.0. The molecule has 0 amide bonds. The summed E-state index contributed by atoms with van der Waals surface area (Å²) in [6, 6.07) is 2.48. The predicted molar refractivity (Wildman–Crippen MR) is 139 cm³/mol. The minimum Gasteiger partial charge on any atom is -0.466 e. The van der Waals surface area contributed by atoms with E-state index in [4.69, 9.17) is 31.2 Å². The number of hydrogen-bond donors (Lipinski definition) is 3. The number of amidine groups is 1. The molecule has 0 spiro atoms. The Morgan fingerprint density at radius 3 is 2.71 bits per heavy atom. The fraction of sp³-hybridized carbons (Fsp3) is 0.435. The molecular weight excluding hydrogens is 559 g/mol. The third kappa shape index (κ3) is 5.76. The van der Waals surface area contributed by atoms with Gasteiger partial charge in [0.1, 0.15) is 11.9 Å². The van der Waals surface area contributed by atoms with Gasteiger partial charge in [0, 0.05) is 52.5 Å². The number of rotatable bonds is 7. The number of carbonyl (C=O) groups excluding carboxylic acids is 1. The van der Waals surface area contributed by atoms with E-state index in [9.17, 15) is 17.6 Å². The number of ether oxygens (including phenoxy) is 2. The number of thiazole rings is 1. The Bertz CT molecular complexity index is 1370. The van der Waals surface area contributed by atoms with Crippen molar-refractivity contribution < 1.29 is 27.1 Å². The molecule has 5 rings (SSSR count). The average molecular weight is 585 g/mol. The highest BCUT2D eigenvalue weighted by Gasteiger charge is 2.42. The van der Waals surface area contributed by atoms with Crippen LogP contribution in [0.15, 0.2) is 46.0 Å². The van der Waals surface area contributed by atoms with Crippen molar-refractivity contribution in [3.8, 4) is 0 Å². The third-order valence-electron chi connectivity index (χ3n) is 6.77. The molecule has 0 unspecified atom stereocenters. The fourth-order valence-electron chi connectivity index (χ4n) is 5.23. The van der Waals surface area contributed by atoms with Crippen molar-refractivity contribution in [2.24, 2.45) is 10.1 Å². The molecule has 38 heavy (non-hydrogen) atoms. The third-order valence-corrected chi connectivity index (χ3v) is 8.54. The highest BCUT2D eigenvalue weighted by Crippen LogP contribution is 2.38. The van der Waals surface area contributed by atoms with E-state index in [1.165, 1.54) is 36.6 Å². The Labute approximate surface area is 228 Å². The van der Waals surface area contributed by atoms with Crippen molar-refractivity contribution in [2.45, 2.75) is 37.0 Å². The summed E-state index contributed by atoms with van der Waals surface area (Å²) < 4.78 is 50.6. The van der Waals surface area contributed by atoms with Crippen molar-refractivity contribution in [1.82, 2.24) is 19.9 Å². The van der Waals surface area contributed by atoms with Crippen LogP contribution in [0.5, 0.6) is 0 Å². The Kier molecular flexibility index (Phi) is 7.82. The number of methoxy groups -OCH3 is 1. The Morgan fingerprint density at radius 2 is 2.11 bits per heavy atom. The predicted octanol–water partition coefficient (Wildman–Crippen LogP) is 1.48. The molecule has 0 radical (unpaired) electrons. The molecule has 4 atom stereocenters. The molecule has 11 nitrogen and oxygen atoms in total. The van der Waals surface area contributed by atoms with E-state index >= 15 is 0 Å². The van der Waals surface area contributed by atoms with Crippen LogP contribution in [0.3, 0.4) is 0 Å². The number of piperidine rings is 1. The lowest BCUT2D eigenvalue weighted by Gasteiger charge is -2.49. The topological polar surface area (TPSA) is 148 Å². The number of benzene rings is 1. The maximum Gasteiger partial charge on any atom is 0.338 e. The SMILES string of the molecule is COC(=O)C1=C(CN2[C@@H]3COC[C@H]2C[C@@H](NS(N)(=O)=O)C3)NC(c2nccs2)=N[C@H]1c1ccc(F)cc1Cl. The number of halogens is 2. The summed E-state index contributed by atoms with van der Waals surface area (Å²) in [7, 11) is -2.57. The normalized spacial score (nSPS) is 26.1. The van der Waals surface area contributed by atoms with Gasteiger partial charge < -0.3 is 14.8 Å². The van der Waals surface area contributed by atoms with Crippen LogP contribution in [-0.4, -0.2) is 75.1 Å². The summed E-state index contributed by atoms with van der Waals surface area (Å²) in [4.78, 5) is 24.5. The van der Waals surface area contributed by atoms with Gasteiger partial charge in [-0.05, 0) is 25.0 Å². The minimum atomic E-state index is -3.85. The van der Waals surface area contributed by atoms with Gasteiger partial charge in [0.15, 0.2) is 10.8 Å². The van der Waals surface area contributed by atoms with Crippen LogP contribution in [0.25, 0.3) is 0 Å². The monoisotopic (exact) mass is 584 g/mol. The van der Waals surface area contributed by atoms with E-state index in [-0.39, 0.29) is 28.7 Å². The van der Waals surface area contributed by atoms with Crippen LogP contribution in [0.4, 0.5) is 4.39 Å². The first-order valence-corrected chi connectivity index (χ1v) is 14.6. The van der Waals surface area contributed by atoms with Gasteiger partial charge in [-0.1, -0.05) is 17.7 Å². The molecule has 2 fully saturated rings. The molecule has 0 saturated carbocycles. The second-order valence-electron chi connectivity index (χ2n) is 9.24. The van der Waals surface area contributed by atoms with Gasteiger partial charge in [-0.2, -0.15) is 13.1 Å². The average Bonchev–Trinajstić information content (AvgIpc) is 3.38. The van der Waals surface area contributed by atoms with Crippen LogP contribution in [-0.2, 0) is 24.5 Å². The standard InChI is InChI=1S/C23H26ClFN6O5S2/c1-35-23(32)19-18(9-31-14-7-13(30-38(26,33)34)8-15(31)11-36-10-14)28-21(22-27-4-5-37-22)29-20(19)16-3-2-12(25)6-17(16)24/h2-6,13-15,20,30H,7-11H2,1H3,(H,28,29)(H2,26,33,34)/t13-,14-,15+,20-/m0/s1. The summed E-state index contributed by atoms with van der Waals surface area (Å²) in [5.41, 5.74) is 1.23. The van der Waals surface area contributed by atoms with Crippen molar-refractivity contribution in [3.63, 3.8) is 0 Å². The largest absolute Gasteiger partial charge is 0.466 e. The Balaban J connectivity index is 1.54. The first-order valence-electron chi connectivity index (χ1n) is 11.8. The van der Waals surface area contributed by atoms with Gasteiger partial charge in [0.2, 0.25) is 0 Å². The molecule has 2 bridgehead atoms. The van der Waals surface area contributed by atoms with Crippen LogP contribution < -0.4 is 15.2 Å². The number of aliphatic imine (C=N–C) groups is 1. The second kappa shape index (κ2) is 11.0. The second-order valence-corrected chi connectivity index (χ2v) is 11.9. The van der Waals surface area contributed by atoms with Crippen molar-refractivity contribution in [2.75, 3.05) is 26.9 Å². The fourth-order valence-corrected chi connectivity index (χ4v) is 6.74. The van der Waals surface area contributed by atoms with E-state index in [1.807, 2.05) is 5.38 Å². The number of carbonyl (C=O) groups is 1. The van der Waals surface area contributed by atoms with Gasteiger partial charge in [0.25, 0.3) is 10.2 Å². The molecule has 2 saturated heterocycles. The lowest BCUT2D eigenvalue weighted by molar-refractivity contribution is -0.136. The summed E-state index contributed by atoms with van der Waals surface area (Å²) in [6.07, 6.45) is 2.61. The lowest BCUT2D eigenvalue weighted by Crippen LogP contribution is -2.62. The highest BCUT2D eigenvalue weighted by atomic mass is 35.5. The van der Waals surface area contributed by atoms with E-state index < -0.39 is 28.0 Å². The smallest absolute Gasteiger partial charge is 0.338 e. The van der Waals surface area contributed by atoms with Gasteiger partial charge in [-0.25, -0.2) is 19.3 Å². The van der Waals surface area contributed by atoms with Crippen molar-refractivity contribution in [3.05, 3.63) is 62.5 Å². The molecule has 204 valence electrons. The summed E-state index contributed by atoms with van der Waals surface area (Å²) >= 11 is 7.80. The van der Waals surface area contributed by atoms with Crippen LogP contribution in [0.2, 0.25) is 5.02 Å². The maximum absolute atomic E-state index is 13.9. The molecule has 1 aromatic carbocycles. The molecular formula is C23H26ClFN6O5S2. The lowest BCUT2D eigenvalue weighted by atomic mass is 9.89. The van der Waals surface area contributed by atoms with Gasteiger partial charge in [-0.15, -0.1) is 11.3 Å².